The Morgan fingerprint density at radius 3 is 2.66 bits per heavy atom. The molecule has 1 saturated carbocycles. The van der Waals surface area contributed by atoms with E-state index in [2.05, 4.69) is 78.1 Å². The fourth-order valence-electron chi connectivity index (χ4n) is 5.13. The summed E-state index contributed by atoms with van der Waals surface area (Å²) in [6.07, 6.45) is 4.86. The molecular weight excluding hydrogens is 376 g/mol. The number of carbonyl (C=O) groups is 1. The molecule has 1 saturated heterocycles. The van der Waals surface area contributed by atoms with E-state index in [4.69, 9.17) is 0 Å². The van der Waals surface area contributed by atoms with Gasteiger partial charge < -0.3 is 4.90 Å². The predicted molar refractivity (Wildman–Crippen MR) is 120 cm³/mol. The fraction of sp³-hybridized carbons (Fsp3) is 0.609. The van der Waals surface area contributed by atoms with Gasteiger partial charge in [-0.3, -0.25) is 4.79 Å². The van der Waals surface area contributed by atoms with Crippen molar-refractivity contribution in [2.45, 2.75) is 64.6 Å². The second kappa shape index (κ2) is 7.38. The first-order valence-corrected chi connectivity index (χ1v) is 14.6. The van der Waals surface area contributed by atoms with Crippen molar-refractivity contribution in [3.8, 4) is 11.3 Å². The standard InChI is InChI=1S/C23H34N4OSi/c1-6-7-8-9-13-27-15-18-19(22(27)28)23(18,2)17-12-10-11-16(14-17)20-21(25-26-24-20)29(3,4)5/h10-12,14,18-19H,6-9,13,15H2,1-5H3,(H,24,25,26). The summed E-state index contributed by atoms with van der Waals surface area (Å²) in [6, 6.07) is 8.67. The van der Waals surface area contributed by atoms with Gasteiger partial charge in [-0.15, -0.1) is 0 Å². The van der Waals surface area contributed by atoms with E-state index in [-0.39, 0.29) is 11.3 Å². The number of hydrogen-bond donors (Lipinski definition) is 1. The third kappa shape index (κ3) is 3.45. The summed E-state index contributed by atoms with van der Waals surface area (Å²) >= 11 is 0. The Hall–Kier alpha value is -1.95. The molecule has 4 rings (SSSR count). The van der Waals surface area contributed by atoms with Crippen LogP contribution in [-0.2, 0) is 10.2 Å². The van der Waals surface area contributed by atoms with Gasteiger partial charge in [0.25, 0.3) is 0 Å². The molecule has 2 aliphatic rings. The van der Waals surface area contributed by atoms with E-state index >= 15 is 0 Å². The third-order valence-electron chi connectivity index (χ3n) is 7.00. The van der Waals surface area contributed by atoms with Gasteiger partial charge in [-0.1, -0.05) is 71.0 Å². The lowest BCUT2D eigenvalue weighted by Crippen LogP contribution is -2.40. The number of benzene rings is 1. The van der Waals surface area contributed by atoms with Crippen LogP contribution in [0.1, 0.15) is 45.1 Å². The number of likely N-dealkylation sites (tertiary alicyclic amines) is 1. The van der Waals surface area contributed by atoms with Crippen LogP contribution in [-0.4, -0.2) is 47.4 Å². The highest BCUT2D eigenvalue weighted by atomic mass is 28.3. The van der Waals surface area contributed by atoms with Gasteiger partial charge in [0.2, 0.25) is 5.91 Å². The lowest BCUT2D eigenvalue weighted by atomic mass is 9.90. The van der Waals surface area contributed by atoms with Gasteiger partial charge in [0.05, 0.1) is 11.2 Å². The molecular formula is C23H34N4OSi. The van der Waals surface area contributed by atoms with E-state index in [1.165, 1.54) is 24.8 Å². The lowest BCUT2D eigenvalue weighted by Gasteiger charge is -2.25. The van der Waals surface area contributed by atoms with Crippen LogP contribution in [0.4, 0.5) is 0 Å². The maximum absolute atomic E-state index is 13.0. The Morgan fingerprint density at radius 1 is 1.21 bits per heavy atom. The van der Waals surface area contributed by atoms with E-state index in [0.717, 1.165) is 36.1 Å². The number of rotatable bonds is 8. The maximum Gasteiger partial charge on any atom is 0.226 e. The Kier molecular flexibility index (Phi) is 5.17. The van der Waals surface area contributed by atoms with Crippen molar-refractivity contribution in [2.75, 3.05) is 13.1 Å². The van der Waals surface area contributed by atoms with E-state index < -0.39 is 8.07 Å². The normalized spacial score (nSPS) is 26.1. The summed E-state index contributed by atoms with van der Waals surface area (Å²) in [5, 5.41) is 12.9. The number of carbonyl (C=O) groups excluding carboxylic acids is 1. The average molecular weight is 411 g/mol. The molecule has 0 radical (unpaired) electrons. The van der Waals surface area contributed by atoms with Gasteiger partial charge in [0.15, 0.2) is 0 Å². The number of amides is 1. The zero-order valence-electron chi connectivity index (χ0n) is 18.5. The number of nitrogens with one attached hydrogen (secondary N) is 1. The first-order chi connectivity index (χ1) is 13.8. The predicted octanol–water partition coefficient (Wildman–Crippen LogP) is 3.94. The van der Waals surface area contributed by atoms with Crippen LogP contribution in [0.15, 0.2) is 24.3 Å². The zero-order chi connectivity index (χ0) is 20.8. The number of nitrogens with zero attached hydrogens (tertiary/aromatic N) is 3. The van der Waals surface area contributed by atoms with Crippen molar-refractivity contribution < 1.29 is 4.79 Å². The van der Waals surface area contributed by atoms with Crippen molar-refractivity contribution in [2.24, 2.45) is 11.8 Å². The smallest absolute Gasteiger partial charge is 0.226 e. The highest BCUT2D eigenvalue weighted by Gasteiger charge is 2.70. The van der Waals surface area contributed by atoms with Crippen LogP contribution < -0.4 is 5.32 Å². The third-order valence-corrected chi connectivity index (χ3v) is 8.77. The number of H-pyrrole nitrogens is 1. The summed E-state index contributed by atoms with van der Waals surface area (Å²) in [5.41, 5.74) is 3.33. The molecule has 156 valence electrons. The van der Waals surface area contributed by atoms with Crippen LogP contribution in [0.5, 0.6) is 0 Å². The van der Waals surface area contributed by atoms with Crippen LogP contribution in [0, 0.1) is 11.8 Å². The van der Waals surface area contributed by atoms with Gasteiger partial charge in [0.1, 0.15) is 13.8 Å². The van der Waals surface area contributed by atoms with Crippen LogP contribution in [0.2, 0.25) is 19.6 Å². The van der Waals surface area contributed by atoms with Crippen LogP contribution in [0.3, 0.4) is 0 Å². The highest BCUT2D eigenvalue weighted by Crippen LogP contribution is 2.64. The number of piperidine rings is 1. The molecule has 1 aromatic heterocycles. The zero-order valence-corrected chi connectivity index (χ0v) is 19.5. The van der Waals surface area contributed by atoms with Crippen molar-refractivity contribution in [3.63, 3.8) is 0 Å². The quantitative estimate of drug-likeness (QED) is 0.529. The van der Waals surface area contributed by atoms with Crippen molar-refractivity contribution >= 4 is 19.3 Å². The molecule has 29 heavy (non-hydrogen) atoms. The highest BCUT2D eigenvalue weighted by molar-refractivity contribution is 6.89. The first kappa shape index (κ1) is 20.3. The average Bonchev–Trinajstić information content (AvgIpc) is 3.04. The van der Waals surface area contributed by atoms with Gasteiger partial charge >= 0.3 is 0 Å². The number of aromatic amines is 1. The Morgan fingerprint density at radius 2 is 2.00 bits per heavy atom. The van der Waals surface area contributed by atoms with E-state index in [0.29, 0.717) is 11.8 Å². The van der Waals surface area contributed by atoms with Crippen LogP contribution >= 0.6 is 0 Å². The number of unbranched alkanes of at least 4 members (excludes halogenated alkanes) is 3. The van der Waals surface area contributed by atoms with E-state index in [1.54, 1.807) is 0 Å². The topological polar surface area (TPSA) is 61.9 Å². The van der Waals surface area contributed by atoms with Gasteiger partial charge in [0, 0.05) is 24.1 Å². The minimum Gasteiger partial charge on any atom is -0.342 e. The fourth-order valence-corrected chi connectivity index (χ4v) is 6.43. The molecule has 1 amide bonds. The van der Waals surface area contributed by atoms with Crippen molar-refractivity contribution in [3.05, 3.63) is 29.8 Å². The van der Waals surface area contributed by atoms with Crippen LogP contribution in [0.25, 0.3) is 11.3 Å². The van der Waals surface area contributed by atoms with Crippen molar-refractivity contribution in [1.82, 2.24) is 20.3 Å². The van der Waals surface area contributed by atoms with E-state index in [9.17, 15) is 4.79 Å². The molecule has 1 aromatic carbocycles. The monoisotopic (exact) mass is 410 g/mol. The Bertz CT molecular complexity index is 902. The minimum absolute atomic E-state index is 0.0317. The molecule has 5 nitrogen and oxygen atoms in total. The molecule has 6 heteroatoms. The summed E-state index contributed by atoms with van der Waals surface area (Å²) in [5.74, 6) is 0.964. The second-order valence-corrected chi connectivity index (χ2v) is 15.0. The minimum atomic E-state index is -1.58. The van der Waals surface area contributed by atoms with Gasteiger partial charge in [-0.25, -0.2) is 0 Å². The summed E-state index contributed by atoms with van der Waals surface area (Å²) in [4.78, 5) is 15.1. The molecule has 3 atom stereocenters. The SMILES string of the molecule is CCCCCCN1CC2C(C1=O)C2(C)c1cccc(-c2n[nH]nc2[Si](C)(C)C)c1. The van der Waals surface area contributed by atoms with Gasteiger partial charge in [-0.05, 0) is 24.0 Å². The first-order valence-electron chi connectivity index (χ1n) is 11.1. The molecule has 2 fully saturated rings. The summed E-state index contributed by atoms with van der Waals surface area (Å²) in [7, 11) is -1.58. The molecule has 2 heterocycles. The lowest BCUT2D eigenvalue weighted by molar-refractivity contribution is -0.130. The molecule has 1 aliphatic carbocycles. The molecule has 1 N–H and O–H groups in total. The largest absolute Gasteiger partial charge is 0.342 e. The number of fused-ring (bicyclic) bond motifs is 1. The second-order valence-electron chi connectivity index (χ2n) is 10.1. The maximum atomic E-state index is 13.0. The summed E-state index contributed by atoms with van der Waals surface area (Å²) in [6.45, 7) is 13.2. The molecule has 0 bridgehead atoms. The Labute approximate surface area is 175 Å². The molecule has 3 unspecified atom stereocenters. The van der Waals surface area contributed by atoms with Gasteiger partial charge in [-0.2, -0.15) is 15.4 Å². The summed E-state index contributed by atoms with van der Waals surface area (Å²) < 4.78 is 0. The number of hydrogen-bond acceptors (Lipinski definition) is 3. The Balaban J connectivity index is 1.51. The number of aromatic nitrogens is 3. The molecule has 0 spiro atoms. The van der Waals surface area contributed by atoms with E-state index in [1.807, 2.05) is 0 Å². The molecule has 1 aliphatic heterocycles. The molecule has 2 aromatic rings. The van der Waals surface area contributed by atoms with Crippen molar-refractivity contribution in [1.29, 1.82) is 0 Å².